The van der Waals surface area contributed by atoms with Crippen LogP contribution in [0.3, 0.4) is 0 Å². The molecule has 414 valence electrons. The number of rotatable bonds is 29. The van der Waals surface area contributed by atoms with Gasteiger partial charge in [-0.3, -0.25) is 0 Å². The summed E-state index contributed by atoms with van der Waals surface area (Å²) in [5.74, 6) is 5.52. The first kappa shape index (κ1) is 55.5. The van der Waals surface area contributed by atoms with Gasteiger partial charge in [0.1, 0.15) is 24.7 Å². The molecule has 4 aromatic carbocycles. The number of benzene rings is 4. The molecule has 10 atom stereocenters. The Morgan fingerprint density at radius 3 is 1.17 bits per heavy atom. The molecule has 0 amide bonds. The molecule has 76 heavy (non-hydrogen) atoms. The number of aryl methyl sites for hydroxylation is 2. The molecule has 2 N–H and O–H groups in total. The lowest BCUT2D eigenvalue weighted by atomic mass is 9.53. The first-order chi connectivity index (χ1) is 37.2. The van der Waals surface area contributed by atoms with Crippen LogP contribution in [0, 0.1) is 34.5 Å². The van der Waals surface area contributed by atoms with Gasteiger partial charge in [-0.1, -0.05) is 86.6 Å². The minimum Gasteiger partial charge on any atom is -0.489 e. The Morgan fingerprint density at radius 2 is 0.789 bits per heavy atom. The van der Waals surface area contributed by atoms with E-state index in [1.54, 1.807) is 0 Å². The van der Waals surface area contributed by atoms with Crippen molar-refractivity contribution in [2.45, 2.75) is 153 Å². The third kappa shape index (κ3) is 12.6. The normalized spacial score (nSPS) is 30.2. The predicted molar refractivity (Wildman–Crippen MR) is 297 cm³/mol. The van der Waals surface area contributed by atoms with Crippen molar-refractivity contribution < 1.29 is 48.1 Å². The Morgan fingerprint density at radius 1 is 0.421 bits per heavy atom. The fourth-order valence-corrected chi connectivity index (χ4v) is 16.0. The van der Waals surface area contributed by atoms with Gasteiger partial charge in [-0.25, -0.2) is 0 Å². The van der Waals surface area contributed by atoms with Crippen molar-refractivity contribution in [1.82, 2.24) is 0 Å². The van der Waals surface area contributed by atoms with E-state index in [1.807, 2.05) is 12.1 Å². The van der Waals surface area contributed by atoms with E-state index in [-0.39, 0.29) is 10.8 Å². The fourth-order valence-electron chi connectivity index (χ4n) is 16.0. The summed E-state index contributed by atoms with van der Waals surface area (Å²) in [7, 11) is 0. The van der Waals surface area contributed by atoms with Crippen molar-refractivity contribution in [2.24, 2.45) is 34.5 Å². The van der Waals surface area contributed by atoms with Crippen LogP contribution in [0.2, 0.25) is 0 Å². The second-order valence-corrected chi connectivity index (χ2v) is 24.0. The zero-order valence-corrected chi connectivity index (χ0v) is 46.1. The predicted octanol–water partition coefficient (Wildman–Crippen LogP) is 12.4. The third-order valence-electron chi connectivity index (χ3n) is 20.2. The summed E-state index contributed by atoms with van der Waals surface area (Å²) in [6, 6.07) is 34.4. The van der Waals surface area contributed by atoms with E-state index in [9.17, 15) is 10.2 Å². The van der Waals surface area contributed by atoms with Crippen LogP contribution >= 0.6 is 0 Å². The highest BCUT2D eigenvalue weighted by Crippen LogP contribution is 2.67. The summed E-state index contributed by atoms with van der Waals surface area (Å²) >= 11 is 0. The summed E-state index contributed by atoms with van der Waals surface area (Å²) in [4.78, 5) is 0. The number of fused-ring (bicyclic) bond motifs is 10. The van der Waals surface area contributed by atoms with Gasteiger partial charge in [-0.05, 0) is 207 Å². The lowest BCUT2D eigenvalue weighted by Crippen LogP contribution is -2.50. The molecule has 10 nitrogen and oxygen atoms in total. The van der Waals surface area contributed by atoms with E-state index >= 15 is 0 Å². The van der Waals surface area contributed by atoms with Crippen LogP contribution in [0.1, 0.15) is 149 Å². The van der Waals surface area contributed by atoms with Crippen molar-refractivity contribution >= 4 is 0 Å². The molecular weight excluding hydrogens is 953 g/mol. The quantitative estimate of drug-likeness (QED) is 0.0510. The molecule has 6 aliphatic carbocycles. The van der Waals surface area contributed by atoms with Crippen molar-refractivity contribution in [3.63, 3.8) is 0 Å². The van der Waals surface area contributed by atoms with Crippen LogP contribution in [-0.2, 0) is 54.5 Å². The van der Waals surface area contributed by atoms with E-state index in [1.165, 1.54) is 46.2 Å². The molecule has 4 saturated carbocycles. The molecule has 0 aromatic heterocycles. The summed E-state index contributed by atoms with van der Waals surface area (Å²) in [5, 5.41) is 24.3. The highest BCUT2D eigenvalue weighted by molar-refractivity contribution is 5.42. The van der Waals surface area contributed by atoms with Crippen LogP contribution in [-0.4, -0.2) is 101 Å². The first-order valence-electron chi connectivity index (χ1n) is 29.7. The lowest BCUT2D eigenvalue weighted by molar-refractivity contribution is -0.110. The average molecular weight is 1040 g/mol. The highest BCUT2D eigenvalue weighted by Gasteiger charge is 2.62. The summed E-state index contributed by atoms with van der Waals surface area (Å²) in [6.45, 7) is 12.5. The van der Waals surface area contributed by atoms with Gasteiger partial charge < -0.3 is 48.1 Å². The largest absolute Gasteiger partial charge is 0.489 e. The number of hydrogen-bond donors (Lipinski definition) is 2. The van der Waals surface area contributed by atoms with E-state index < -0.39 is 11.2 Å². The molecule has 4 fully saturated rings. The zero-order chi connectivity index (χ0) is 52.3. The molecule has 4 aromatic rings. The Kier molecular flexibility index (Phi) is 18.9. The molecule has 0 aliphatic heterocycles. The monoisotopic (exact) mass is 1040 g/mol. The summed E-state index contributed by atoms with van der Waals surface area (Å²) in [5.41, 5.74) is 7.02. The van der Waals surface area contributed by atoms with Crippen molar-refractivity contribution in [3.8, 4) is 11.5 Å². The second-order valence-electron chi connectivity index (χ2n) is 24.0. The Balaban J connectivity index is 0.509. The van der Waals surface area contributed by atoms with Crippen LogP contribution in [0.4, 0.5) is 0 Å². The van der Waals surface area contributed by atoms with Gasteiger partial charge in [0.25, 0.3) is 0 Å². The SMILES string of the molecule is C[C@]12CC[C@@H]3c4ccc(OCc5ccccc5)cc4CC[C@H]3[C@@H]1CC[C@@]2(O)CCCOCCOCCOCCOCCOCCOCCC[C@]1(O)CC[C@H]2[C@@H]3CCc4cc(OCc5ccccc5)ccc4[C@H]3CC[C@@]21C. The van der Waals surface area contributed by atoms with Crippen LogP contribution in [0.15, 0.2) is 97.1 Å². The Hall–Kier alpha value is -3.84. The molecule has 0 radical (unpaired) electrons. The smallest absolute Gasteiger partial charge is 0.120 e. The second kappa shape index (κ2) is 26.0. The minimum atomic E-state index is -0.621. The van der Waals surface area contributed by atoms with E-state index in [4.69, 9.17) is 37.9 Å². The van der Waals surface area contributed by atoms with Crippen molar-refractivity contribution in [3.05, 3.63) is 130 Å². The molecule has 0 saturated heterocycles. The molecule has 10 heteroatoms. The summed E-state index contributed by atoms with van der Waals surface area (Å²) in [6.07, 6.45) is 16.4. The third-order valence-corrected chi connectivity index (χ3v) is 20.2. The van der Waals surface area contributed by atoms with Gasteiger partial charge in [0.2, 0.25) is 0 Å². The van der Waals surface area contributed by atoms with Crippen molar-refractivity contribution in [1.29, 1.82) is 0 Å². The first-order valence-corrected chi connectivity index (χ1v) is 29.7. The minimum absolute atomic E-state index is 0.0363. The van der Waals surface area contributed by atoms with Gasteiger partial charge in [-0.2, -0.15) is 0 Å². The van der Waals surface area contributed by atoms with Gasteiger partial charge in [0.05, 0.1) is 77.3 Å². The van der Waals surface area contributed by atoms with E-state index in [2.05, 4.69) is 98.8 Å². The molecule has 0 bridgehead atoms. The Bertz CT molecular complexity index is 2250. The van der Waals surface area contributed by atoms with E-state index in [0.29, 0.717) is 128 Å². The van der Waals surface area contributed by atoms with Gasteiger partial charge in [-0.15, -0.1) is 0 Å². The average Bonchev–Trinajstić information content (AvgIpc) is 3.89. The topological polar surface area (TPSA) is 114 Å². The maximum Gasteiger partial charge on any atom is 0.120 e. The molecule has 0 spiro atoms. The Labute approximate surface area is 454 Å². The van der Waals surface area contributed by atoms with Crippen LogP contribution < -0.4 is 9.47 Å². The number of aliphatic hydroxyl groups is 2. The fraction of sp³-hybridized carbons (Fsp3) is 0.636. The molecule has 0 heterocycles. The molecule has 6 aliphatic rings. The number of hydrogen-bond acceptors (Lipinski definition) is 10. The van der Waals surface area contributed by atoms with Gasteiger partial charge >= 0.3 is 0 Å². The standard InChI is InChI=1S/C66H90O10/c1-63-29-23-57-55-21-17-53(75-47-49-11-5-3-6-12-49)45-51(55)15-19-59(57)61(63)25-31-65(63,67)27-9-33-69-35-37-71-39-41-73-43-44-74-42-40-72-38-36-70-34-10-28-66(68)32-26-62-60-20-16-52-46-54(76-48-50-13-7-4-8-14-50)18-22-56(52)58(60)24-30-64(62,66)2/h3-8,11-14,17-18,21-22,45-46,57-62,67-68H,9-10,15-16,19-20,23-44,47-48H2,1-2H3/t57-,58-,59-,60-,61+,62+,63+,64+,65+,66+/m1/s1. The molecule has 0 unspecified atom stereocenters. The van der Waals surface area contributed by atoms with Crippen LogP contribution in [0.25, 0.3) is 0 Å². The highest BCUT2D eigenvalue weighted by atomic mass is 16.6. The molecule has 10 rings (SSSR count). The van der Waals surface area contributed by atoms with Crippen molar-refractivity contribution in [2.75, 3.05) is 79.3 Å². The lowest BCUT2D eigenvalue weighted by Gasteiger charge is -2.53. The maximum absolute atomic E-state index is 12.2. The number of ether oxygens (including phenoxy) is 8. The molecular formula is C66H90O10. The van der Waals surface area contributed by atoms with E-state index in [0.717, 1.165) is 101 Å². The van der Waals surface area contributed by atoms with Gasteiger partial charge in [0, 0.05) is 13.2 Å². The van der Waals surface area contributed by atoms with Crippen LogP contribution in [0.5, 0.6) is 11.5 Å². The summed E-state index contributed by atoms with van der Waals surface area (Å²) < 4.78 is 47.1. The van der Waals surface area contributed by atoms with Gasteiger partial charge in [0.15, 0.2) is 0 Å². The maximum atomic E-state index is 12.2. The zero-order valence-electron chi connectivity index (χ0n) is 46.1.